The van der Waals surface area contributed by atoms with Crippen LogP contribution in [0.4, 0.5) is 0 Å². The summed E-state index contributed by atoms with van der Waals surface area (Å²) in [6, 6.07) is 0.477. The number of hydrogen-bond donors (Lipinski definition) is 1. The van der Waals surface area contributed by atoms with Gasteiger partial charge in [-0.3, -0.25) is 0 Å². The molecule has 4 unspecified atom stereocenters. The quantitative estimate of drug-likeness (QED) is 0.732. The third-order valence-electron chi connectivity index (χ3n) is 4.14. The summed E-state index contributed by atoms with van der Waals surface area (Å²) in [7, 11) is 0. The van der Waals surface area contributed by atoms with Crippen LogP contribution in [0.15, 0.2) is 0 Å². The van der Waals surface area contributed by atoms with Crippen molar-refractivity contribution in [3.63, 3.8) is 0 Å². The molecule has 0 radical (unpaired) electrons. The Kier molecular flexibility index (Phi) is 4.94. The zero-order chi connectivity index (χ0) is 10.6. The zero-order valence-electron chi connectivity index (χ0n) is 10.1. The lowest BCUT2D eigenvalue weighted by Gasteiger charge is -2.35. The number of hydrogen-bond acceptors (Lipinski definition) is 1. The molecule has 0 saturated heterocycles. The van der Waals surface area contributed by atoms with Crippen LogP contribution < -0.4 is 5.73 Å². The summed E-state index contributed by atoms with van der Waals surface area (Å²) in [6.45, 7) is 7.03. The van der Waals surface area contributed by atoms with Gasteiger partial charge in [-0.25, -0.2) is 0 Å². The van der Waals surface area contributed by atoms with Gasteiger partial charge in [0.25, 0.3) is 0 Å². The highest BCUT2D eigenvalue weighted by molar-refractivity contribution is 4.81. The van der Waals surface area contributed by atoms with Gasteiger partial charge in [0.15, 0.2) is 0 Å². The monoisotopic (exact) mass is 197 g/mol. The lowest BCUT2D eigenvalue weighted by molar-refractivity contribution is 0.181. The Balaban J connectivity index is 2.30. The van der Waals surface area contributed by atoms with E-state index in [0.717, 1.165) is 17.8 Å². The summed E-state index contributed by atoms with van der Waals surface area (Å²) in [5, 5.41) is 0. The minimum absolute atomic E-state index is 0.477. The molecule has 0 bridgehead atoms. The Morgan fingerprint density at radius 2 is 1.93 bits per heavy atom. The van der Waals surface area contributed by atoms with E-state index in [4.69, 9.17) is 5.73 Å². The second-order valence-corrected chi connectivity index (χ2v) is 5.33. The number of unbranched alkanes of at least 4 members (excludes halogenated alkanes) is 1. The van der Waals surface area contributed by atoms with E-state index in [1.807, 2.05) is 0 Å². The highest BCUT2D eigenvalue weighted by Gasteiger charge is 2.27. The molecule has 1 nitrogen and oxygen atoms in total. The van der Waals surface area contributed by atoms with Gasteiger partial charge < -0.3 is 5.73 Å². The molecule has 1 fully saturated rings. The van der Waals surface area contributed by atoms with Crippen LogP contribution in [0.5, 0.6) is 0 Å². The van der Waals surface area contributed by atoms with Crippen LogP contribution >= 0.6 is 0 Å². The molecular formula is C13H27N. The molecule has 1 aliphatic carbocycles. The van der Waals surface area contributed by atoms with E-state index in [2.05, 4.69) is 20.8 Å². The van der Waals surface area contributed by atoms with Crippen molar-refractivity contribution < 1.29 is 0 Å². The Labute approximate surface area is 89.5 Å². The van der Waals surface area contributed by atoms with Gasteiger partial charge in [0.1, 0.15) is 0 Å². The van der Waals surface area contributed by atoms with Gasteiger partial charge in [0.2, 0.25) is 0 Å². The second-order valence-electron chi connectivity index (χ2n) is 5.33. The fourth-order valence-electron chi connectivity index (χ4n) is 2.65. The van der Waals surface area contributed by atoms with Gasteiger partial charge >= 0.3 is 0 Å². The first-order chi connectivity index (χ1) is 6.65. The van der Waals surface area contributed by atoms with Crippen LogP contribution in [-0.2, 0) is 0 Å². The molecule has 0 aliphatic heterocycles. The predicted octanol–water partition coefficient (Wildman–Crippen LogP) is 3.58. The maximum Gasteiger partial charge on any atom is 0.00672 e. The van der Waals surface area contributed by atoms with Crippen molar-refractivity contribution in [3.8, 4) is 0 Å². The highest BCUT2D eigenvalue weighted by atomic mass is 14.7. The van der Waals surface area contributed by atoms with E-state index in [1.165, 1.54) is 38.5 Å². The lowest BCUT2D eigenvalue weighted by atomic mass is 9.72. The largest absolute Gasteiger partial charge is 0.327 e. The SMILES string of the molecule is CCCCC(N)C1CCC(C)C(C)C1. The molecule has 0 amide bonds. The molecule has 14 heavy (non-hydrogen) atoms. The third kappa shape index (κ3) is 3.27. The molecular weight excluding hydrogens is 170 g/mol. The fourth-order valence-corrected chi connectivity index (χ4v) is 2.65. The maximum atomic E-state index is 6.24. The molecule has 1 rings (SSSR count). The molecule has 0 spiro atoms. The third-order valence-corrected chi connectivity index (χ3v) is 4.14. The Bertz CT molecular complexity index is 155. The van der Waals surface area contributed by atoms with Gasteiger partial charge in [-0.1, -0.05) is 40.0 Å². The fraction of sp³-hybridized carbons (Fsp3) is 1.00. The average Bonchev–Trinajstić information content (AvgIpc) is 2.18. The smallest absolute Gasteiger partial charge is 0.00672 e. The van der Waals surface area contributed by atoms with E-state index in [0.29, 0.717) is 6.04 Å². The van der Waals surface area contributed by atoms with Crippen LogP contribution in [0.1, 0.15) is 59.3 Å². The molecule has 4 atom stereocenters. The van der Waals surface area contributed by atoms with Gasteiger partial charge in [-0.15, -0.1) is 0 Å². The van der Waals surface area contributed by atoms with E-state index in [9.17, 15) is 0 Å². The molecule has 0 aromatic heterocycles. The first-order valence-electron chi connectivity index (χ1n) is 6.40. The molecule has 0 heterocycles. The van der Waals surface area contributed by atoms with Crippen molar-refractivity contribution in [2.75, 3.05) is 0 Å². The molecule has 1 aliphatic rings. The lowest BCUT2D eigenvalue weighted by Crippen LogP contribution is -2.35. The minimum Gasteiger partial charge on any atom is -0.327 e. The van der Waals surface area contributed by atoms with Crippen LogP contribution in [0.25, 0.3) is 0 Å². The molecule has 2 N–H and O–H groups in total. The van der Waals surface area contributed by atoms with Crippen molar-refractivity contribution in [1.29, 1.82) is 0 Å². The highest BCUT2D eigenvalue weighted by Crippen LogP contribution is 2.35. The van der Waals surface area contributed by atoms with E-state index >= 15 is 0 Å². The van der Waals surface area contributed by atoms with Crippen molar-refractivity contribution in [3.05, 3.63) is 0 Å². The summed E-state index contributed by atoms with van der Waals surface area (Å²) >= 11 is 0. The first-order valence-corrected chi connectivity index (χ1v) is 6.40. The summed E-state index contributed by atoms with van der Waals surface area (Å²) in [5.41, 5.74) is 6.24. The summed E-state index contributed by atoms with van der Waals surface area (Å²) in [5.74, 6) is 2.62. The van der Waals surface area contributed by atoms with E-state index in [-0.39, 0.29) is 0 Å². The molecule has 1 heteroatoms. The first kappa shape index (κ1) is 12.0. The molecule has 1 saturated carbocycles. The van der Waals surface area contributed by atoms with Crippen molar-refractivity contribution in [1.82, 2.24) is 0 Å². The van der Waals surface area contributed by atoms with Crippen LogP contribution in [0.2, 0.25) is 0 Å². The van der Waals surface area contributed by atoms with E-state index in [1.54, 1.807) is 0 Å². The second kappa shape index (κ2) is 5.75. The molecule has 0 aromatic carbocycles. The van der Waals surface area contributed by atoms with Gasteiger partial charge in [-0.05, 0) is 37.0 Å². The minimum atomic E-state index is 0.477. The molecule has 84 valence electrons. The van der Waals surface area contributed by atoms with Gasteiger partial charge in [0.05, 0.1) is 0 Å². The number of rotatable bonds is 4. The van der Waals surface area contributed by atoms with Crippen LogP contribution in [-0.4, -0.2) is 6.04 Å². The Morgan fingerprint density at radius 3 is 2.50 bits per heavy atom. The molecule has 0 aromatic rings. The van der Waals surface area contributed by atoms with Crippen LogP contribution in [0, 0.1) is 17.8 Å². The normalized spacial score (nSPS) is 35.6. The Morgan fingerprint density at radius 1 is 1.21 bits per heavy atom. The van der Waals surface area contributed by atoms with Gasteiger partial charge in [0, 0.05) is 6.04 Å². The number of nitrogens with two attached hydrogens (primary N) is 1. The van der Waals surface area contributed by atoms with Gasteiger partial charge in [-0.2, -0.15) is 0 Å². The summed E-state index contributed by atoms with van der Waals surface area (Å²) < 4.78 is 0. The summed E-state index contributed by atoms with van der Waals surface area (Å²) in [4.78, 5) is 0. The Hall–Kier alpha value is -0.0400. The standard InChI is InChI=1S/C13H27N/c1-4-5-6-13(14)12-8-7-10(2)11(3)9-12/h10-13H,4-9,14H2,1-3H3. The van der Waals surface area contributed by atoms with Crippen LogP contribution in [0.3, 0.4) is 0 Å². The maximum absolute atomic E-state index is 6.24. The predicted molar refractivity (Wildman–Crippen MR) is 63.2 cm³/mol. The van der Waals surface area contributed by atoms with Crippen molar-refractivity contribution in [2.24, 2.45) is 23.5 Å². The van der Waals surface area contributed by atoms with E-state index < -0.39 is 0 Å². The van der Waals surface area contributed by atoms with Crippen molar-refractivity contribution >= 4 is 0 Å². The van der Waals surface area contributed by atoms with Crippen molar-refractivity contribution in [2.45, 2.75) is 65.3 Å². The topological polar surface area (TPSA) is 26.0 Å². The summed E-state index contributed by atoms with van der Waals surface area (Å²) in [6.07, 6.45) is 7.96. The zero-order valence-corrected chi connectivity index (χ0v) is 10.1. The average molecular weight is 197 g/mol.